The van der Waals surface area contributed by atoms with Crippen molar-refractivity contribution in [1.29, 1.82) is 0 Å². The number of rotatable bonds is 4. The molecule has 2 aromatic carbocycles. The molecule has 142 valence electrons. The molecule has 0 N–H and O–H groups in total. The van der Waals surface area contributed by atoms with E-state index in [0.717, 1.165) is 5.56 Å². The molecule has 2 fully saturated rings. The molecule has 6 heteroatoms. The minimum absolute atomic E-state index is 0.129. The number of amides is 1. The van der Waals surface area contributed by atoms with Crippen molar-refractivity contribution in [2.75, 3.05) is 11.4 Å². The summed E-state index contributed by atoms with van der Waals surface area (Å²) in [7, 11) is 0. The molecule has 0 unspecified atom stereocenters. The van der Waals surface area contributed by atoms with Gasteiger partial charge in [0, 0.05) is 10.7 Å². The molecule has 0 aliphatic carbocycles. The second kappa shape index (κ2) is 6.47. The summed E-state index contributed by atoms with van der Waals surface area (Å²) in [4.78, 5) is 27.7. The molecule has 5 nitrogen and oxygen atoms in total. The molecule has 3 heterocycles. The average Bonchev–Trinajstić information content (AvgIpc) is 3.35. The molecule has 0 aromatic heterocycles. The molecule has 5 rings (SSSR count). The maximum atomic E-state index is 13.2. The van der Waals surface area contributed by atoms with E-state index >= 15 is 0 Å². The molecule has 28 heavy (non-hydrogen) atoms. The van der Waals surface area contributed by atoms with E-state index in [4.69, 9.17) is 21.1 Å². The van der Waals surface area contributed by atoms with Crippen LogP contribution in [-0.2, 0) is 25.7 Å². The van der Waals surface area contributed by atoms with Crippen molar-refractivity contribution in [3.05, 3.63) is 77.3 Å². The van der Waals surface area contributed by atoms with Crippen LogP contribution < -0.4 is 4.90 Å². The van der Waals surface area contributed by atoms with E-state index < -0.39 is 29.5 Å². The summed E-state index contributed by atoms with van der Waals surface area (Å²) in [6.45, 7) is 0.546. The zero-order valence-corrected chi connectivity index (χ0v) is 15.7. The Hall–Kier alpha value is -2.63. The van der Waals surface area contributed by atoms with Crippen LogP contribution in [0.2, 0.25) is 5.02 Å². The van der Waals surface area contributed by atoms with Gasteiger partial charge in [-0.15, -0.1) is 0 Å². The number of fused-ring (bicyclic) bond motifs is 1. The summed E-state index contributed by atoms with van der Waals surface area (Å²) in [6, 6.07) is 16.6. The number of carbonyl (C=O) groups is 2. The molecular formula is C22H18ClNO4. The SMILES string of the molecule is O=C(OCc1ccccc1)[C@H]1[C@H]2C=C[C@@]3(CN(c4cccc(Cl)c4)C(=O)[C@@H]13)O2. The Labute approximate surface area is 167 Å². The summed E-state index contributed by atoms with van der Waals surface area (Å²) in [6.07, 6.45) is 3.38. The van der Waals surface area contributed by atoms with Gasteiger partial charge in [0.25, 0.3) is 0 Å². The molecule has 2 bridgehead atoms. The molecule has 3 aliphatic heterocycles. The molecular weight excluding hydrogens is 378 g/mol. The van der Waals surface area contributed by atoms with Gasteiger partial charge in [-0.1, -0.05) is 60.2 Å². The fourth-order valence-electron chi connectivity index (χ4n) is 4.45. The monoisotopic (exact) mass is 395 g/mol. The van der Waals surface area contributed by atoms with Crippen LogP contribution in [0.1, 0.15) is 5.56 Å². The summed E-state index contributed by atoms with van der Waals surface area (Å²) in [5.41, 5.74) is 0.835. The number of hydrogen-bond donors (Lipinski definition) is 0. The zero-order valence-electron chi connectivity index (χ0n) is 15.0. The number of anilines is 1. The first-order chi connectivity index (χ1) is 13.6. The van der Waals surface area contributed by atoms with Crippen molar-refractivity contribution in [1.82, 2.24) is 0 Å². The number of benzene rings is 2. The Bertz CT molecular complexity index is 976. The Kier molecular flexibility index (Phi) is 4.03. The molecule has 4 atom stereocenters. The smallest absolute Gasteiger partial charge is 0.313 e. The number of nitrogens with zero attached hydrogens (tertiary/aromatic N) is 1. The van der Waals surface area contributed by atoms with Crippen molar-refractivity contribution < 1.29 is 19.1 Å². The van der Waals surface area contributed by atoms with E-state index in [9.17, 15) is 9.59 Å². The number of ether oxygens (including phenoxy) is 2. The predicted octanol–water partition coefficient (Wildman–Crippen LogP) is 3.37. The van der Waals surface area contributed by atoms with Crippen LogP contribution in [0, 0.1) is 11.8 Å². The molecule has 1 amide bonds. The van der Waals surface area contributed by atoms with Gasteiger partial charge in [0.05, 0.1) is 18.6 Å². The van der Waals surface area contributed by atoms with Gasteiger partial charge in [-0.2, -0.15) is 0 Å². The Balaban J connectivity index is 1.39. The first-order valence-electron chi connectivity index (χ1n) is 9.22. The van der Waals surface area contributed by atoms with E-state index in [2.05, 4.69) is 0 Å². The Morgan fingerprint density at radius 3 is 2.82 bits per heavy atom. The van der Waals surface area contributed by atoms with Crippen LogP contribution in [0.3, 0.4) is 0 Å². The third kappa shape index (κ3) is 2.65. The lowest BCUT2D eigenvalue weighted by molar-refractivity contribution is -0.153. The summed E-state index contributed by atoms with van der Waals surface area (Å²) < 4.78 is 11.6. The Morgan fingerprint density at radius 1 is 1.21 bits per heavy atom. The van der Waals surface area contributed by atoms with Crippen molar-refractivity contribution >= 4 is 29.2 Å². The highest BCUT2D eigenvalue weighted by Gasteiger charge is 2.67. The van der Waals surface area contributed by atoms with Crippen molar-refractivity contribution in [3.63, 3.8) is 0 Å². The largest absolute Gasteiger partial charge is 0.460 e. The van der Waals surface area contributed by atoms with E-state index in [1.165, 1.54) is 0 Å². The van der Waals surface area contributed by atoms with Crippen LogP contribution in [0.4, 0.5) is 5.69 Å². The topological polar surface area (TPSA) is 55.8 Å². The summed E-state index contributed by atoms with van der Waals surface area (Å²) >= 11 is 6.09. The van der Waals surface area contributed by atoms with Crippen molar-refractivity contribution in [2.24, 2.45) is 11.8 Å². The molecule has 0 saturated carbocycles. The zero-order chi connectivity index (χ0) is 19.3. The maximum Gasteiger partial charge on any atom is 0.313 e. The molecule has 2 saturated heterocycles. The fraction of sp³-hybridized carbons (Fsp3) is 0.273. The van der Waals surface area contributed by atoms with Crippen LogP contribution in [0.15, 0.2) is 66.7 Å². The predicted molar refractivity (Wildman–Crippen MR) is 104 cm³/mol. The number of carbonyl (C=O) groups excluding carboxylic acids is 2. The van der Waals surface area contributed by atoms with Crippen LogP contribution in [-0.4, -0.2) is 30.1 Å². The highest BCUT2D eigenvalue weighted by atomic mass is 35.5. The van der Waals surface area contributed by atoms with Crippen LogP contribution in [0.25, 0.3) is 0 Å². The van der Waals surface area contributed by atoms with Gasteiger partial charge in [0.1, 0.15) is 18.1 Å². The number of esters is 1. The first kappa shape index (κ1) is 17.5. The standard InChI is InChI=1S/C22H18ClNO4/c23-15-7-4-8-16(11-15)24-13-22-10-9-17(28-22)18(19(22)20(24)25)21(26)27-12-14-5-2-1-3-6-14/h1-11,17-19H,12-13H2/t17-,18+,19-,22+/m1/s1. The van der Waals surface area contributed by atoms with E-state index in [1.807, 2.05) is 48.6 Å². The van der Waals surface area contributed by atoms with Crippen molar-refractivity contribution in [2.45, 2.75) is 18.3 Å². The number of hydrogen-bond acceptors (Lipinski definition) is 4. The van der Waals surface area contributed by atoms with Gasteiger partial charge < -0.3 is 14.4 Å². The first-order valence-corrected chi connectivity index (χ1v) is 9.60. The van der Waals surface area contributed by atoms with Gasteiger partial charge in [-0.3, -0.25) is 9.59 Å². The van der Waals surface area contributed by atoms with Gasteiger partial charge in [-0.05, 0) is 23.8 Å². The fourth-order valence-corrected chi connectivity index (χ4v) is 4.64. The molecule has 2 aromatic rings. The maximum absolute atomic E-state index is 13.2. The summed E-state index contributed by atoms with van der Waals surface area (Å²) in [5.74, 6) is -1.74. The number of halogens is 1. The van der Waals surface area contributed by atoms with E-state index in [-0.39, 0.29) is 12.5 Å². The molecule has 0 radical (unpaired) electrons. The average molecular weight is 396 g/mol. The van der Waals surface area contributed by atoms with Gasteiger partial charge in [0.15, 0.2) is 0 Å². The van der Waals surface area contributed by atoms with E-state index in [0.29, 0.717) is 17.3 Å². The third-order valence-electron chi connectivity index (χ3n) is 5.72. The van der Waals surface area contributed by atoms with Crippen LogP contribution >= 0.6 is 11.6 Å². The van der Waals surface area contributed by atoms with Crippen molar-refractivity contribution in [3.8, 4) is 0 Å². The van der Waals surface area contributed by atoms with Gasteiger partial charge >= 0.3 is 5.97 Å². The minimum Gasteiger partial charge on any atom is -0.460 e. The lowest BCUT2D eigenvalue weighted by Crippen LogP contribution is -2.40. The minimum atomic E-state index is -0.777. The van der Waals surface area contributed by atoms with Gasteiger partial charge in [-0.25, -0.2) is 0 Å². The second-order valence-electron chi connectivity index (χ2n) is 7.40. The van der Waals surface area contributed by atoms with Gasteiger partial charge in [0.2, 0.25) is 5.91 Å². The van der Waals surface area contributed by atoms with E-state index in [1.54, 1.807) is 23.1 Å². The summed E-state index contributed by atoms with van der Waals surface area (Å²) in [5, 5.41) is 0.555. The third-order valence-corrected chi connectivity index (χ3v) is 5.95. The highest BCUT2D eigenvalue weighted by Crippen LogP contribution is 2.53. The molecule has 3 aliphatic rings. The second-order valence-corrected chi connectivity index (χ2v) is 7.83. The lowest BCUT2D eigenvalue weighted by Gasteiger charge is -2.22. The Morgan fingerprint density at radius 2 is 2.04 bits per heavy atom. The normalized spacial score (nSPS) is 30.0. The lowest BCUT2D eigenvalue weighted by atomic mass is 9.77. The molecule has 1 spiro atoms. The quantitative estimate of drug-likeness (QED) is 0.588. The highest BCUT2D eigenvalue weighted by molar-refractivity contribution is 6.31. The van der Waals surface area contributed by atoms with Crippen LogP contribution in [0.5, 0.6) is 0 Å².